The van der Waals surface area contributed by atoms with Crippen molar-refractivity contribution in [2.24, 2.45) is 0 Å². The minimum Gasteiger partial charge on any atom is -0.354 e. The number of halogens is 1. The molecule has 46 heavy (non-hydrogen) atoms. The van der Waals surface area contributed by atoms with Crippen LogP contribution in [-0.2, 0) is 0 Å². The van der Waals surface area contributed by atoms with Gasteiger partial charge in [0.05, 0.1) is 32.8 Å². The number of hydrogen-bond acceptors (Lipinski definition) is 2. The molecule has 6 aromatic rings. The summed E-state index contributed by atoms with van der Waals surface area (Å²) in [6.45, 7) is 6.34. The summed E-state index contributed by atoms with van der Waals surface area (Å²) < 4.78 is 0.905. The van der Waals surface area contributed by atoms with Gasteiger partial charge in [0.15, 0.2) is 0 Å². The van der Waals surface area contributed by atoms with Crippen molar-refractivity contribution < 1.29 is 0 Å². The van der Waals surface area contributed by atoms with Gasteiger partial charge >= 0.3 is 0 Å². The van der Waals surface area contributed by atoms with Crippen LogP contribution < -0.4 is 0 Å². The maximum atomic E-state index is 5.33. The van der Waals surface area contributed by atoms with Gasteiger partial charge in [-0.1, -0.05) is 89.5 Å². The zero-order chi connectivity index (χ0) is 31.4. The molecule has 3 aromatic carbocycles. The highest BCUT2D eigenvalue weighted by molar-refractivity contribution is 9.10. The number of H-pyrrole nitrogens is 2. The van der Waals surface area contributed by atoms with E-state index in [0.717, 1.165) is 82.7 Å². The summed E-state index contributed by atoms with van der Waals surface area (Å²) in [4.78, 5) is 18.0. The minimum absolute atomic E-state index is 0.865. The van der Waals surface area contributed by atoms with Crippen molar-refractivity contribution in [1.29, 1.82) is 0 Å². The molecule has 2 aliphatic rings. The van der Waals surface area contributed by atoms with Crippen molar-refractivity contribution in [2.45, 2.75) is 20.8 Å². The van der Waals surface area contributed by atoms with Crippen molar-refractivity contribution >= 4 is 62.3 Å². The van der Waals surface area contributed by atoms with Crippen LogP contribution in [0.2, 0.25) is 0 Å². The highest BCUT2D eigenvalue weighted by Crippen LogP contribution is 2.37. The fourth-order valence-electron chi connectivity index (χ4n) is 6.24. The Bertz CT molecular complexity index is 2330. The lowest BCUT2D eigenvalue weighted by atomic mass is 10.0. The minimum atomic E-state index is 0.865. The van der Waals surface area contributed by atoms with Crippen LogP contribution in [0.3, 0.4) is 0 Å². The summed E-state index contributed by atoms with van der Waals surface area (Å²) in [5.41, 5.74) is 17.6. The van der Waals surface area contributed by atoms with Gasteiger partial charge < -0.3 is 9.97 Å². The molecule has 5 heteroatoms. The van der Waals surface area contributed by atoms with Gasteiger partial charge in [0.2, 0.25) is 0 Å². The third kappa shape index (κ3) is 5.03. The zero-order valence-corrected chi connectivity index (χ0v) is 27.4. The summed E-state index contributed by atoms with van der Waals surface area (Å²) in [5, 5.41) is 0. The van der Waals surface area contributed by atoms with Crippen LogP contribution in [0.4, 0.5) is 0 Å². The first kappa shape index (κ1) is 28.2. The molecule has 8 bridgehead atoms. The largest absolute Gasteiger partial charge is 0.354 e. The average Bonchev–Trinajstić information content (AvgIpc) is 3.89. The van der Waals surface area contributed by atoms with Crippen LogP contribution >= 0.6 is 15.9 Å². The number of aromatic amines is 2. The number of nitrogens with zero attached hydrogens (tertiary/aromatic N) is 2. The Kier molecular flexibility index (Phi) is 6.92. The Hall–Kier alpha value is -5.26. The van der Waals surface area contributed by atoms with Gasteiger partial charge in [-0.2, -0.15) is 0 Å². The molecular formula is C41H31BrN4. The molecule has 3 aromatic heterocycles. The van der Waals surface area contributed by atoms with Crippen LogP contribution in [0.1, 0.15) is 39.5 Å². The summed E-state index contributed by atoms with van der Waals surface area (Å²) >= 11 is 3.89. The second-order valence-corrected chi connectivity index (χ2v) is 12.8. The maximum absolute atomic E-state index is 5.33. The molecule has 5 heterocycles. The molecule has 0 unspecified atom stereocenters. The topological polar surface area (TPSA) is 57.4 Å². The number of hydrogen-bond donors (Lipinski definition) is 2. The number of nitrogens with one attached hydrogen (secondary N) is 2. The van der Waals surface area contributed by atoms with E-state index in [1.807, 2.05) is 0 Å². The monoisotopic (exact) mass is 658 g/mol. The van der Waals surface area contributed by atoms with E-state index in [4.69, 9.17) is 9.97 Å². The van der Waals surface area contributed by atoms with E-state index < -0.39 is 0 Å². The van der Waals surface area contributed by atoms with Gasteiger partial charge in [-0.05, 0) is 102 Å². The van der Waals surface area contributed by atoms with E-state index in [1.54, 1.807) is 0 Å². The number of benzene rings is 3. The van der Waals surface area contributed by atoms with Crippen LogP contribution in [0.5, 0.6) is 0 Å². The Morgan fingerprint density at radius 1 is 0.391 bits per heavy atom. The van der Waals surface area contributed by atoms with Gasteiger partial charge in [0.1, 0.15) is 0 Å². The molecule has 222 valence electrons. The fourth-order valence-corrected chi connectivity index (χ4v) is 6.69. The Morgan fingerprint density at radius 3 is 1.09 bits per heavy atom. The molecule has 0 atom stereocenters. The summed E-state index contributed by atoms with van der Waals surface area (Å²) in [6.07, 6.45) is 8.45. The summed E-state index contributed by atoms with van der Waals surface area (Å²) in [7, 11) is 0. The van der Waals surface area contributed by atoms with E-state index in [1.165, 1.54) is 16.7 Å². The van der Waals surface area contributed by atoms with Gasteiger partial charge in [0.25, 0.3) is 0 Å². The molecule has 0 aliphatic carbocycles. The summed E-state index contributed by atoms with van der Waals surface area (Å²) in [5.74, 6) is 0. The normalized spacial score (nSPS) is 12.2. The van der Waals surface area contributed by atoms with Gasteiger partial charge in [-0.3, -0.25) is 0 Å². The fraction of sp³-hybridized carbons (Fsp3) is 0.0732. The van der Waals surface area contributed by atoms with Crippen molar-refractivity contribution in [1.82, 2.24) is 19.9 Å². The van der Waals surface area contributed by atoms with Crippen molar-refractivity contribution in [2.75, 3.05) is 0 Å². The number of aromatic nitrogens is 4. The number of aryl methyl sites for hydroxylation is 3. The van der Waals surface area contributed by atoms with Crippen molar-refractivity contribution in [3.63, 3.8) is 0 Å². The molecular weight excluding hydrogens is 628 g/mol. The van der Waals surface area contributed by atoms with E-state index in [2.05, 4.69) is 168 Å². The molecule has 4 nitrogen and oxygen atoms in total. The molecule has 2 aliphatic heterocycles. The molecule has 0 fully saturated rings. The molecule has 2 N–H and O–H groups in total. The standard InChI is InChI=1S/C41H31BrN4/c1-24-4-10-27(11-5-24)38-30-16-18-32(43-30)39(28-12-6-25(2)7-13-28)34-20-22-36(45-34)41(42)37-23-21-35(46-37)40(33-19-17-31(38)44-33)29-14-8-26(3)9-15-29/h4-23,43,46H,1-3H3. The second-order valence-electron chi connectivity index (χ2n) is 12.0. The predicted octanol–water partition coefficient (Wildman–Crippen LogP) is 11.3. The zero-order valence-electron chi connectivity index (χ0n) is 25.8. The summed E-state index contributed by atoms with van der Waals surface area (Å²) in [6, 6.07) is 34.5. The third-order valence-corrected chi connectivity index (χ3v) is 9.54. The first-order chi connectivity index (χ1) is 22.4. The van der Waals surface area contributed by atoms with Crippen LogP contribution in [0.15, 0.2) is 102 Å². The van der Waals surface area contributed by atoms with Crippen LogP contribution in [-0.4, -0.2) is 19.9 Å². The second kappa shape index (κ2) is 11.3. The average molecular weight is 660 g/mol. The Morgan fingerprint density at radius 2 is 0.696 bits per heavy atom. The van der Waals surface area contributed by atoms with Gasteiger partial charge in [0, 0.05) is 33.2 Å². The van der Waals surface area contributed by atoms with E-state index in [-0.39, 0.29) is 0 Å². The first-order valence-corrected chi connectivity index (χ1v) is 16.2. The van der Waals surface area contributed by atoms with Crippen LogP contribution in [0, 0.1) is 20.8 Å². The Balaban J connectivity index is 1.54. The van der Waals surface area contributed by atoms with E-state index in [9.17, 15) is 0 Å². The molecule has 0 saturated carbocycles. The SMILES string of the molecule is Cc1ccc(-c2c3nc(c(-c4ccc(C)cc4)c4ccc([nH]4)c(-c4ccc(C)cc4)c4nc(c(Br)c5ccc2[nH]5)C=C4)C=C3)cc1. The van der Waals surface area contributed by atoms with E-state index >= 15 is 0 Å². The molecule has 0 spiro atoms. The highest BCUT2D eigenvalue weighted by atomic mass is 79.9. The van der Waals surface area contributed by atoms with Crippen LogP contribution in [0.25, 0.3) is 79.8 Å². The van der Waals surface area contributed by atoms with Gasteiger partial charge in [-0.25, -0.2) is 9.97 Å². The predicted molar refractivity (Wildman–Crippen MR) is 197 cm³/mol. The molecule has 0 radical (unpaired) electrons. The molecule has 0 saturated heterocycles. The highest BCUT2D eigenvalue weighted by Gasteiger charge is 2.17. The first-order valence-electron chi connectivity index (χ1n) is 15.4. The lowest BCUT2D eigenvalue weighted by molar-refractivity contribution is 1.30. The molecule has 8 rings (SSSR count). The number of rotatable bonds is 3. The van der Waals surface area contributed by atoms with Crippen molar-refractivity contribution in [3.8, 4) is 33.4 Å². The van der Waals surface area contributed by atoms with Crippen molar-refractivity contribution in [3.05, 3.63) is 141 Å². The third-order valence-electron chi connectivity index (χ3n) is 8.71. The molecule has 0 amide bonds. The Labute approximate surface area is 276 Å². The maximum Gasteiger partial charge on any atom is 0.0801 e. The van der Waals surface area contributed by atoms with Gasteiger partial charge in [-0.15, -0.1) is 0 Å². The van der Waals surface area contributed by atoms with E-state index in [0.29, 0.717) is 0 Å². The quantitative estimate of drug-likeness (QED) is 0.198. The lowest BCUT2D eigenvalue weighted by Gasteiger charge is -2.07. The number of fused-ring (bicyclic) bond motifs is 8. The lowest BCUT2D eigenvalue weighted by Crippen LogP contribution is -1.89. The smallest absolute Gasteiger partial charge is 0.0801 e.